The van der Waals surface area contributed by atoms with Crippen molar-refractivity contribution in [3.8, 4) is 0 Å². The number of rotatable bonds is 0. The van der Waals surface area contributed by atoms with Crippen LogP contribution in [0, 0.1) is 0 Å². The zero-order valence-electron chi connectivity index (χ0n) is 6.46. The zero-order valence-corrected chi connectivity index (χ0v) is 6.46. The van der Waals surface area contributed by atoms with Gasteiger partial charge in [-0.25, -0.2) is 0 Å². The van der Waals surface area contributed by atoms with Crippen molar-refractivity contribution in [2.75, 3.05) is 0 Å². The van der Waals surface area contributed by atoms with Crippen LogP contribution in [0.25, 0.3) is 0 Å². The van der Waals surface area contributed by atoms with Crippen molar-refractivity contribution >= 4 is 0 Å². The number of hydrogen-bond acceptors (Lipinski definition) is 0. The van der Waals surface area contributed by atoms with Crippen LogP contribution in [0.1, 0.15) is 13.8 Å². The average Bonchev–Trinajstić information content (AvgIpc) is 2.13. The fourth-order valence-corrected chi connectivity index (χ4v) is 0.913. The Bertz CT molecular complexity index is 224. The van der Waals surface area contributed by atoms with Crippen molar-refractivity contribution < 1.29 is 0 Å². The van der Waals surface area contributed by atoms with Gasteiger partial charge in [-0.3, -0.25) is 0 Å². The lowest BCUT2D eigenvalue weighted by Crippen LogP contribution is -1.70. The molecule has 0 unspecified atom stereocenters. The second-order valence-electron chi connectivity index (χ2n) is 2.40. The molecule has 0 amide bonds. The monoisotopic (exact) mass is 132 g/mol. The van der Waals surface area contributed by atoms with Crippen LogP contribution in [0.4, 0.5) is 0 Å². The van der Waals surface area contributed by atoms with Gasteiger partial charge in [-0.2, -0.15) is 0 Å². The van der Waals surface area contributed by atoms with E-state index in [1.807, 2.05) is 0 Å². The highest BCUT2D eigenvalue weighted by molar-refractivity contribution is 5.40. The van der Waals surface area contributed by atoms with E-state index in [0.717, 1.165) is 0 Å². The van der Waals surface area contributed by atoms with E-state index in [1.54, 1.807) is 0 Å². The van der Waals surface area contributed by atoms with Crippen LogP contribution in [-0.4, -0.2) is 0 Å². The van der Waals surface area contributed by atoms with E-state index in [2.05, 4.69) is 50.3 Å². The molecule has 1 aliphatic carbocycles. The minimum atomic E-state index is 1.28. The largest absolute Gasteiger partial charge is 0.0804 e. The van der Waals surface area contributed by atoms with Gasteiger partial charge in [0.1, 0.15) is 0 Å². The standard InChI is InChI=1S/C10H12/c1-3-10-7-5-4-6-9(2)8-10/h3-8H,1-2H3. The van der Waals surface area contributed by atoms with E-state index >= 15 is 0 Å². The van der Waals surface area contributed by atoms with Gasteiger partial charge < -0.3 is 0 Å². The average molecular weight is 132 g/mol. The molecule has 0 N–H and O–H groups in total. The van der Waals surface area contributed by atoms with Gasteiger partial charge in [-0.1, -0.05) is 42.0 Å². The van der Waals surface area contributed by atoms with Crippen LogP contribution in [0.15, 0.2) is 47.6 Å². The summed E-state index contributed by atoms with van der Waals surface area (Å²) < 4.78 is 0. The molecule has 0 nitrogen and oxygen atoms in total. The third-order valence-electron chi connectivity index (χ3n) is 1.49. The first-order valence-electron chi connectivity index (χ1n) is 3.52. The Balaban J connectivity index is 2.93. The highest BCUT2D eigenvalue weighted by Gasteiger charge is 1.88. The molecule has 0 fully saturated rings. The Hall–Kier alpha value is -1.04. The second-order valence-corrected chi connectivity index (χ2v) is 2.40. The molecule has 0 atom stereocenters. The molecule has 0 heteroatoms. The maximum absolute atomic E-state index is 2.17. The minimum absolute atomic E-state index is 1.28. The molecular weight excluding hydrogens is 120 g/mol. The van der Waals surface area contributed by atoms with Gasteiger partial charge in [-0.05, 0) is 19.4 Å². The fraction of sp³-hybridized carbons (Fsp3) is 0.200. The van der Waals surface area contributed by atoms with Crippen molar-refractivity contribution in [2.24, 2.45) is 0 Å². The Labute approximate surface area is 62.3 Å². The number of hydrogen-bond donors (Lipinski definition) is 0. The molecule has 0 aromatic rings. The molecule has 0 radical (unpaired) electrons. The summed E-state index contributed by atoms with van der Waals surface area (Å²) in [5.74, 6) is 0. The van der Waals surface area contributed by atoms with Gasteiger partial charge >= 0.3 is 0 Å². The molecule has 0 bridgehead atoms. The first-order chi connectivity index (χ1) is 4.83. The van der Waals surface area contributed by atoms with Crippen LogP contribution >= 0.6 is 0 Å². The molecule has 0 aromatic carbocycles. The predicted molar refractivity (Wildman–Crippen MR) is 45.8 cm³/mol. The zero-order chi connectivity index (χ0) is 7.40. The molecular formula is C10H12. The Morgan fingerprint density at radius 1 is 1.20 bits per heavy atom. The molecule has 0 saturated heterocycles. The van der Waals surface area contributed by atoms with Gasteiger partial charge in [-0.15, -0.1) is 0 Å². The normalized spacial score (nSPS) is 21.0. The molecule has 0 aromatic heterocycles. The van der Waals surface area contributed by atoms with Crippen LogP contribution in [0.5, 0.6) is 0 Å². The maximum atomic E-state index is 2.17. The highest BCUT2D eigenvalue weighted by Crippen LogP contribution is 2.08. The Kier molecular flexibility index (Phi) is 2.27. The summed E-state index contributed by atoms with van der Waals surface area (Å²) in [6, 6.07) is 0. The van der Waals surface area contributed by atoms with E-state index < -0.39 is 0 Å². The van der Waals surface area contributed by atoms with E-state index in [-0.39, 0.29) is 0 Å². The third kappa shape index (κ3) is 1.73. The fourth-order valence-electron chi connectivity index (χ4n) is 0.913. The molecule has 10 heavy (non-hydrogen) atoms. The maximum Gasteiger partial charge on any atom is -0.0297 e. The quantitative estimate of drug-likeness (QED) is 0.475. The summed E-state index contributed by atoms with van der Waals surface area (Å²) in [7, 11) is 0. The van der Waals surface area contributed by atoms with Crippen LogP contribution in [0.3, 0.4) is 0 Å². The SMILES string of the molecule is CC=C1C=CC=CC(C)=C1. The van der Waals surface area contributed by atoms with Crippen LogP contribution in [0.2, 0.25) is 0 Å². The summed E-state index contributed by atoms with van der Waals surface area (Å²) in [5, 5.41) is 0. The lowest BCUT2D eigenvalue weighted by molar-refractivity contribution is 1.49. The van der Waals surface area contributed by atoms with Crippen molar-refractivity contribution in [2.45, 2.75) is 13.8 Å². The van der Waals surface area contributed by atoms with Gasteiger partial charge in [0.25, 0.3) is 0 Å². The summed E-state index contributed by atoms with van der Waals surface area (Å²) in [5.41, 5.74) is 2.58. The smallest absolute Gasteiger partial charge is 0.0297 e. The number of allylic oxidation sites excluding steroid dienone is 8. The second kappa shape index (κ2) is 3.21. The van der Waals surface area contributed by atoms with E-state index in [1.165, 1.54) is 11.1 Å². The molecule has 0 spiro atoms. The molecule has 0 aliphatic heterocycles. The van der Waals surface area contributed by atoms with E-state index in [9.17, 15) is 0 Å². The lowest BCUT2D eigenvalue weighted by Gasteiger charge is -1.90. The minimum Gasteiger partial charge on any atom is -0.0804 e. The highest BCUT2D eigenvalue weighted by atomic mass is 13.9. The first kappa shape index (κ1) is 7.07. The van der Waals surface area contributed by atoms with Crippen molar-refractivity contribution in [3.05, 3.63) is 47.6 Å². The van der Waals surface area contributed by atoms with Gasteiger partial charge in [0, 0.05) is 0 Å². The van der Waals surface area contributed by atoms with Crippen LogP contribution in [-0.2, 0) is 0 Å². The summed E-state index contributed by atoms with van der Waals surface area (Å²) >= 11 is 0. The van der Waals surface area contributed by atoms with Gasteiger partial charge in [0.15, 0.2) is 0 Å². The lowest BCUT2D eigenvalue weighted by atomic mass is 10.2. The molecule has 0 heterocycles. The summed E-state index contributed by atoms with van der Waals surface area (Å²) in [6.07, 6.45) is 12.6. The summed E-state index contributed by atoms with van der Waals surface area (Å²) in [6.45, 7) is 4.15. The molecule has 1 rings (SSSR count). The first-order valence-corrected chi connectivity index (χ1v) is 3.52. The van der Waals surface area contributed by atoms with Gasteiger partial charge in [0.05, 0.1) is 0 Å². The van der Waals surface area contributed by atoms with Gasteiger partial charge in [0.2, 0.25) is 0 Å². The van der Waals surface area contributed by atoms with Crippen molar-refractivity contribution in [3.63, 3.8) is 0 Å². The van der Waals surface area contributed by atoms with Crippen molar-refractivity contribution in [1.29, 1.82) is 0 Å². The van der Waals surface area contributed by atoms with E-state index in [0.29, 0.717) is 0 Å². The Morgan fingerprint density at radius 2 is 1.90 bits per heavy atom. The predicted octanol–water partition coefficient (Wildman–Crippen LogP) is 3.01. The van der Waals surface area contributed by atoms with Crippen LogP contribution < -0.4 is 0 Å². The molecule has 1 aliphatic rings. The molecule has 52 valence electrons. The van der Waals surface area contributed by atoms with Crippen molar-refractivity contribution in [1.82, 2.24) is 0 Å². The Morgan fingerprint density at radius 3 is 2.60 bits per heavy atom. The molecule has 0 saturated carbocycles. The topological polar surface area (TPSA) is 0 Å². The third-order valence-corrected chi connectivity index (χ3v) is 1.49. The summed E-state index contributed by atoms with van der Waals surface area (Å²) in [4.78, 5) is 0. The van der Waals surface area contributed by atoms with E-state index in [4.69, 9.17) is 0 Å².